The average molecular weight is 345 g/mol. The summed E-state index contributed by atoms with van der Waals surface area (Å²) < 4.78 is 0. The van der Waals surface area contributed by atoms with E-state index in [1.54, 1.807) is 18.2 Å². The van der Waals surface area contributed by atoms with E-state index in [4.69, 9.17) is 5.11 Å². The van der Waals surface area contributed by atoms with Crippen LogP contribution < -0.4 is 10.6 Å². The number of amides is 2. The van der Waals surface area contributed by atoms with Crippen molar-refractivity contribution in [1.29, 1.82) is 0 Å². The fourth-order valence-electron chi connectivity index (χ4n) is 2.43. The number of rotatable bonds is 5. The monoisotopic (exact) mass is 345 g/mol. The molecule has 0 fully saturated rings. The van der Waals surface area contributed by atoms with Crippen LogP contribution in [0.15, 0.2) is 23.6 Å². The van der Waals surface area contributed by atoms with Gasteiger partial charge in [-0.3, -0.25) is 9.59 Å². The van der Waals surface area contributed by atoms with Crippen LogP contribution in [0.1, 0.15) is 37.8 Å². The second-order valence-corrected chi connectivity index (χ2v) is 6.30. The Hall–Kier alpha value is -2.74. The molecule has 0 bridgehead atoms. The normalized spacial score (nSPS) is 13.1. The molecule has 0 atom stereocenters. The third kappa shape index (κ3) is 3.60. The molecule has 0 saturated carbocycles. The highest BCUT2D eigenvalue weighted by atomic mass is 32.1. The van der Waals surface area contributed by atoms with Crippen LogP contribution in [-0.2, 0) is 17.6 Å². The van der Waals surface area contributed by atoms with Gasteiger partial charge >= 0.3 is 5.97 Å². The molecule has 8 heteroatoms. The maximum atomic E-state index is 12.2. The molecule has 1 aromatic carbocycles. The second kappa shape index (κ2) is 6.79. The fourth-order valence-corrected chi connectivity index (χ4v) is 3.21. The third-order valence-electron chi connectivity index (χ3n) is 3.66. The summed E-state index contributed by atoms with van der Waals surface area (Å²) in [6.07, 6.45) is 1.53. The lowest BCUT2D eigenvalue weighted by molar-refractivity contribution is -0.116. The minimum Gasteiger partial charge on any atom is -0.476 e. The minimum atomic E-state index is -1.05. The van der Waals surface area contributed by atoms with Gasteiger partial charge in [0.25, 0.3) is 5.91 Å². The van der Waals surface area contributed by atoms with Crippen molar-refractivity contribution in [1.82, 2.24) is 10.3 Å². The van der Waals surface area contributed by atoms with E-state index in [-0.39, 0.29) is 17.5 Å². The molecular weight excluding hydrogens is 330 g/mol. The lowest BCUT2D eigenvalue weighted by atomic mass is 10.00. The van der Waals surface area contributed by atoms with Crippen LogP contribution in [0.5, 0.6) is 0 Å². The van der Waals surface area contributed by atoms with Crippen molar-refractivity contribution in [2.24, 2.45) is 0 Å². The Balaban J connectivity index is 1.57. The molecule has 1 aliphatic heterocycles. The molecule has 1 aromatic heterocycles. The minimum absolute atomic E-state index is 0.0103. The molecule has 2 amide bonds. The van der Waals surface area contributed by atoms with Crippen LogP contribution >= 0.6 is 11.3 Å². The predicted molar refractivity (Wildman–Crippen MR) is 88.5 cm³/mol. The second-order valence-electron chi connectivity index (χ2n) is 5.36. The van der Waals surface area contributed by atoms with E-state index in [1.165, 1.54) is 16.7 Å². The Labute approximate surface area is 141 Å². The molecular formula is C16H15N3O4S. The number of nitrogens with zero attached hydrogens (tertiary/aromatic N) is 1. The van der Waals surface area contributed by atoms with Crippen molar-refractivity contribution >= 4 is 34.8 Å². The number of anilines is 1. The van der Waals surface area contributed by atoms with Crippen LogP contribution in [0.4, 0.5) is 5.69 Å². The maximum Gasteiger partial charge on any atom is 0.355 e. The first-order valence-electron chi connectivity index (χ1n) is 7.41. The van der Waals surface area contributed by atoms with E-state index in [1.807, 2.05) is 0 Å². The quantitative estimate of drug-likeness (QED) is 0.764. The molecule has 0 unspecified atom stereocenters. The lowest BCUT2D eigenvalue weighted by Crippen LogP contribution is -2.26. The first-order valence-corrected chi connectivity index (χ1v) is 8.29. The number of carboxylic acid groups (broad SMARTS) is 1. The van der Waals surface area contributed by atoms with Crippen molar-refractivity contribution in [3.63, 3.8) is 0 Å². The van der Waals surface area contributed by atoms with Crippen LogP contribution in [0, 0.1) is 0 Å². The van der Waals surface area contributed by atoms with Crippen molar-refractivity contribution in [2.75, 3.05) is 11.9 Å². The lowest BCUT2D eigenvalue weighted by Gasteiger charge is -2.17. The van der Waals surface area contributed by atoms with Gasteiger partial charge in [-0.05, 0) is 30.2 Å². The van der Waals surface area contributed by atoms with Gasteiger partial charge in [-0.2, -0.15) is 0 Å². The molecule has 0 spiro atoms. The smallest absolute Gasteiger partial charge is 0.355 e. The van der Waals surface area contributed by atoms with Gasteiger partial charge in [0.2, 0.25) is 5.91 Å². The first kappa shape index (κ1) is 16.1. The van der Waals surface area contributed by atoms with E-state index in [0.717, 1.165) is 11.3 Å². The Bertz CT molecular complexity index is 815. The van der Waals surface area contributed by atoms with Gasteiger partial charge in [0.05, 0.1) is 5.01 Å². The Morgan fingerprint density at radius 3 is 2.92 bits per heavy atom. The number of aromatic carboxylic acids is 1. The molecule has 124 valence electrons. The van der Waals surface area contributed by atoms with Crippen LogP contribution in [0.25, 0.3) is 0 Å². The molecule has 1 aliphatic rings. The molecule has 24 heavy (non-hydrogen) atoms. The highest BCUT2D eigenvalue weighted by Crippen LogP contribution is 2.23. The Morgan fingerprint density at radius 2 is 2.17 bits per heavy atom. The van der Waals surface area contributed by atoms with Crippen molar-refractivity contribution < 1.29 is 19.5 Å². The third-order valence-corrected chi connectivity index (χ3v) is 4.57. The number of aryl methyl sites for hydroxylation is 1. The van der Waals surface area contributed by atoms with E-state index in [9.17, 15) is 14.4 Å². The molecule has 0 aliphatic carbocycles. The number of thiazole rings is 1. The number of nitrogens with one attached hydrogen (secondary N) is 2. The summed E-state index contributed by atoms with van der Waals surface area (Å²) in [5, 5.41) is 16.5. The Kier molecular flexibility index (Phi) is 4.57. The van der Waals surface area contributed by atoms with Crippen molar-refractivity contribution in [3.05, 3.63) is 45.4 Å². The molecule has 0 radical (unpaired) electrons. The molecule has 3 rings (SSSR count). The summed E-state index contributed by atoms with van der Waals surface area (Å²) in [6, 6.07) is 5.20. The van der Waals surface area contributed by atoms with Gasteiger partial charge in [-0.1, -0.05) is 0 Å². The number of carboxylic acids is 1. The SMILES string of the molecule is O=C1CCc2cc(C(=O)NCCc3nc(C(=O)O)cs3)ccc2N1. The van der Waals surface area contributed by atoms with Crippen LogP contribution in [0.2, 0.25) is 0 Å². The number of fused-ring (bicyclic) bond motifs is 1. The van der Waals surface area contributed by atoms with Gasteiger partial charge in [-0.25, -0.2) is 9.78 Å². The molecule has 2 aromatic rings. The number of carbonyl (C=O) groups is 3. The van der Waals surface area contributed by atoms with E-state index in [2.05, 4.69) is 15.6 Å². The number of hydrogen-bond acceptors (Lipinski definition) is 5. The number of carbonyl (C=O) groups excluding carboxylic acids is 2. The summed E-state index contributed by atoms with van der Waals surface area (Å²) in [6.45, 7) is 0.374. The summed E-state index contributed by atoms with van der Waals surface area (Å²) in [5.74, 6) is -1.27. The first-order chi connectivity index (χ1) is 11.5. The summed E-state index contributed by atoms with van der Waals surface area (Å²) >= 11 is 1.26. The number of hydrogen-bond donors (Lipinski definition) is 3. The van der Waals surface area contributed by atoms with E-state index in [0.29, 0.717) is 36.4 Å². The fraction of sp³-hybridized carbons (Fsp3) is 0.250. The van der Waals surface area contributed by atoms with Gasteiger partial charge in [0, 0.05) is 36.0 Å². The van der Waals surface area contributed by atoms with Gasteiger partial charge in [0.1, 0.15) is 0 Å². The summed E-state index contributed by atoms with van der Waals surface area (Å²) in [7, 11) is 0. The van der Waals surface area contributed by atoms with Crippen LogP contribution in [-0.4, -0.2) is 34.4 Å². The van der Waals surface area contributed by atoms with Gasteiger partial charge in [-0.15, -0.1) is 11.3 Å². The van der Waals surface area contributed by atoms with Crippen molar-refractivity contribution in [3.8, 4) is 0 Å². The molecule has 0 saturated heterocycles. The number of aromatic nitrogens is 1. The zero-order chi connectivity index (χ0) is 17.1. The number of benzene rings is 1. The predicted octanol–water partition coefficient (Wildman–Crippen LogP) is 1.70. The molecule has 2 heterocycles. The van der Waals surface area contributed by atoms with Crippen molar-refractivity contribution in [2.45, 2.75) is 19.3 Å². The van der Waals surface area contributed by atoms with E-state index >= 15 is 0 Å². The summed E-state index contributed by atoms with van der Waals surface area (Å²) in [5.41, 5.74) is 2.27. The average Bonchev–Trinajstić information content (AvgIpc) is 3.03. The van der Waals surface area contributed by atoms with Gasteiger partial charge < -0.3 is 15.7 Å². The van der Waals surface area contributed by atoms with Gasteiger partial charge in [0.15, 0.2) is 5.69 Å². The Morgan fingerprint density at radius 1 is 1.33 bits per heavy atom. The highest BCUT2D eigenvalue weighted by molar-refractivity contribution is 7.09. The largest absolute Gasteiger partial charge is 0.476 e. The van der Waals surface area contributed by atoms with Crippen LogP contribution in [0.3, 0.4) is 0 Å². The molecule has 3 N–H and O–H groups in total. The van der Waals surface area contributed by atoms with E-state index < -0.39 is 5.97 Å². The highest BCUT2D eigenvalue weighted by Gasteiger charge is 2.16. The zero-order valence-electron chi connectivity index (χ0n) is 12.7. The maximum absolute atomic E-state index is 12.2. The standard InChI is InChI=1S/C16H15N3O4S/c20-13-4-2-9-7-10(1-3-11(9)18-13)15(21)17-6-5-14-19-12(8-24-14)16(22)23/h1,3,7-8H,2,4-6H2,(H,17,21)(H,18,20)(H,22,23). The molecule has 7 nitrogen and oxygen atoms in total. The topological polar surface area (TPSA) is 108 Å². The summed E-state index contributed by atoms with van der Waals surface area (Å²) in [4.78, 5) is 38.3. The zero-order valence-corrected chi connectivity index (χ0v) is 13.5.